The number of aromatic nitrogens is 1. The minimum Gasteiger partial charge on any atom is -0.477 e. The zero-order valence-corrected chi connectivity index (χ0v) is 10.8. The Hall–Kier alpha value is -1.26. The summed E-state index contributed by atoms with van der Waals surface area (Å²) in [5.41, 5.74) is 1.45. The number of hydrogen-bond donors (Lipinski definition) is 1. The van der Waals surface area contributed by atoms with Crippen LogP contribution in [0.3, 0.4) is 0 Å². The second-order valence-electron chi connectivity index (χ2n) is 3.94. The van der Waals surface area contributed by atoms with E-state index >= 15 is 0 Å². The van der Waals surface area contributed by atoms with E-state index < -0.39 is 5.97 Å². The van der Waals surface area contributed by atoms with Crippen LogP contribution in [0.1, 0.15) is 29.0 Å². The summed E-state index contributed by atoms with van der Waals surface area (Å²) in [6.07, 6.45) is 2.47. The van der Waals surface area contributed by atoms with Crippen LogP contribution in [0, 0.1) is 0 Å². The van der Waals surface area contributed by atoms with E-state index in [-0.39, 0.29) is 11.7 Å². The van der Waals surface area contributed by atoms with Gasteiger partial charge in [-0.1, -0.05) is 11.6 Å². The standard InChI is InChI=1S/C12H12ClNO2S/c1-8(4-9-2-3-17-7-9)14-6-10(13)5-11(14)12(15)16/h2-3,5-8H,4H2,1H3,(H,15,16). The van der Waals surface area contributed by atoms with E-state index in [0.29, 0.717) is 5.02 Å². The number of thiophene rings is 1. The van der Waals surface area contributed by atoms with Crippen molar-refractivity contribution in [1.82, 2.24) is 4.57 Å². The van der Waals surface area contributed by atoms with Crippen LogP contribution in [0.2, 0.25) is 5.02 Å². The molecule has 0 aliphatic heterocycles. The molecule has 0 saturated heterocycles. The summed E-state index contributed by atoms with van der Waals surface area (Å²) in [5, 5.41) is 13.6. The maximum atomic E-state index is 11.1. The molecule has 0 bridgehead atoms. The molecule has 3 nitrogen and oxygen atoms in total. The van der Waals surface area contributed by atoms with Crippen molar-refractivity contribution in [3.8, 4) is 0 Å². The highest BCUT2D eigenvalue weighted by atomic mass is 35.5. The first kappa shape index (κ1) is 12.2. The van der Waals surface area contributed by atoms with Crippen LogP contribution in [0.15, 0.2) is 29.1 Å². The molecule has 0 radical (unpaired) electrons. The molecule has 0 aromatic carbocycles. The van der Waals surface area contributed by atoms with Crippen LogP contribution >= 0.6 is 22.9 Å². The van der Waals surface area contributed by atoms with Gasteiger partial charge in [-0.05, 0) is 41.8 Å². The van der Waals surface area contributed by atoms with Gasteiger partial charge in [0.25, 0.3) is 0 Å². The Morgan fingerprint density at radius 3 is 3.00 bits per heavy atom. The molecule has 2 aromatic rings. The lowest BCUT2D eigenvalue weighted by Gasteiger charge is -2.15. The van der Waals surface area contributed by atoms with Crippen molar-refractivity contribution in [3.05, 3.63) is 45.4 Å². The Morgan fingerprint density at radius 2 is 2.41 bits per heavy atom. The van der Waals surface area contributed by atoms with Crippen LogP contribution in [0.5, 0.6) is 0 Å². The average molecular weight is 270 g/mol. The fourth-order valence-electron chi connectivity index (χ4n) is 1.83. The van der Waals surface area contributed by atoms with Gasteiger partial charge >= 0.3 is 5.97 Å². The summed E-state index contributed by atoms with van der Waals surface area (Å²) in [7, 11) is 0. The van der Waals surface area contributed by atoms with E-state index in [1.807, 2.05) is 18.4 Å². The van der Waals surface area contributed by atoms with Crippen LogP contribution in [0.25, 0.3) is 0 Å². The topological polar surface area (TPSA) is 42.2 Å². The maximum Gasteiger partial charge on any atom is 0.352 e. The van der Waals surface area contributed by atoms with Gasteiger partial charge in [0.15, 0.2) is 0 Å². The van der Waals surface area contributed by atoms with Crippen LogP contribution in [-0.4, -0.2) is 15.6 Å². The molecular formula is C12H12ClNO2S. The average Bonchev–Trinajstić information content (AvgIpc) is 2.86. The van der Waals surface area contributed by atoms with Gasteiger partial charge in [-0.25, -0.2) is 4.79 Å². The fraction of sp³-hybridized carbons (Fsp3) is 0.250. The zero-order valence-electron chi connectivity index (χ0n) is 9.26. The van der Waals surface area contributed by atoms with E-state index in [1.54, 1.807) is 22.1 Å². The normalized spacial score (nSPS) is 12.6. The van der Waals surface area contributed by atoms with Gasteiger partial charge in [0.2, 0.25) is 0 Å². The van der Waals surface area contributed by atoms with Crippen LogP contribution in [-0.2, 0) is 6.42 Å². The highest BCUT2D eigenvalue weighted by Gasteiger charge is 2.16. The SMILES string of the molecule is CC(Cc1ccsc1)n1cc(Cl)cc1C(=O)O. The summed E-state index contributed by atoms with van der Waals surface area (Å²) in [6.45, 7) is 1.99. The summed E-state index contributed by atoms with van der Waals surface area (Å²) >= 11 is 7.49. The number of carboxylic acids is 1. The monoisotopic (exact) mass is 269 g/mol. The molecule has 90 valence electrons. The van der Waals surface area contributed by atoms with Crippen molar-refractivity contribution in [2.75, 3.05) is 0 Å². The highest BCUT2D eigenvalue weighted by Crippen LogP contribution is 2.22. The second kappa shape index (κ2) is 4.94. The maximum absolute atomic E-state index is 11.1. The molecule has 17 heavy (non-hydrogen) atoms. The van der Waals surface area contributed by atoms with Crippen molar-refractivity contribution in [3.63, 3.8) is 0 Å². The summed E-state index contributed by atoms with van der Waals surface area (Å²) in [6, 6.07) is 3.60. The minimum absolute atomic E-state index is 0.0724. The molecule has 1 N–H and O–H groups in total. The Balaban J connectivity index is 2.24. The third-order valence-electron chi connectivity index (χ3n) is 2.62. The van der Waals surface area contributed by atoms with Gasteiger partial charge in [0.1, 0.15) is 5.69 Å². The predicted octanol–water partition coefficient (Wildman–Crippen LogP) is 3.70. The third-order valence-corrected chi connectivity index (χ3v) is 3.56. The second-order valence-corrected chi connectivity index (χ2v) is 5.16. The minimum atomic E-state index is -0.950. The Bertz CT molecular complexity index is 519. The first-order valence-corrected chi connectivity index (χ1v) is 6.51. The molecule has 0 fully saturated rings. The smallest absolute Gasteiger partial charge is 0.352 e. The first-order valence-electron chi connectivity index (χ1n) is 5.19. The molecule has 1 unspecified atom stereocenters. The molecule has 0 aliphatic carbocycles. The third kappa shape index (κ3) is 2.70. The van der Waals surface area contributed by atoms with Gasteiger partial charge in [0, 0.05) is 12.2 Å². The summed E-state index contributed by atoms with van der Waals surface area (Å²) < 4.78 is 1.71. The molecule has 2 heterocycles. The molecular weight excluding hydrogens is 258 g/mol. The Morgan fingerprint density at radius 1 is 1.65 bits per heavy atom. The summed E-state index contributed by atoms with van der Waals surface area (Å²) in [4.78, 5) is 11.1. The van der Waals surface area contributed by atoms with Crippen LogP contribution < -0.4 is 0 Å². The quantitative estimate of drug-likeness (QED) is 0.919. The lowest BCUT2D eigenvalue weighted by Crippen LogP contribution is -2.13. The number of hydrogen-bond acceptors (Lipinski definition) is 2. The number of aromatic carboxylic acids is 1. The number of carbonyl (C=O) groups is 1. The van der Waals surface area contributed by atoms with E-state index in [4.69, 9.17) is 16.7 Å². The van der Waals surface area contributed by atoms with Gasteiger partial charge in [-0.15, -0.1) is 0 Å². The van der Waals surface area contributed by atoms with E-state index in [9.17, 15) is 4.79 Å². The van der Waals surface area contributed by atoms with Crippen molar-refractivity contribution < 1.29 is 9.90 Å². The van der Waals surface area contributed by atoms with Crippen LogP contribution in [0.4, 0.5) is 0 Å². The number of carboxylic acid groups (broad SMARTS) is 1. The first-order chi connectivity index (χ1) is 8.08. The van der Waals surface area contributed by atoms with Crippen molar-refractivity contribution in [2.24, 2.45) is 0 Å². The number of halogens is 1. The molecule has 0 aliphatic rings. The Kier molecular flexibility index (Phi) is 3.54. The fourth-order valence-corrected chi connectivity index (χ4v) is 2.72. The zero-order chi connectivity index (χ0) is 12.4. The number of rotatable bonds is 4. The van der Waals surface area contributed by atoms with Gasteiger partial charge < -0.3 is 9.67 Å². The molecule has 1 atom stereocenters. The van der Waals surface area contributed by atoms with Gasteiger partial charge in [0.05, 0.1) is 5.02 Å². The van der Waals surface area contributed by atoms with Crippen molar-refractivity contribution in [2.45, 2.75) is 19.4 Å². The molecule has 2 rings (SSSR count). The van der Waals surface area contributed by atoms with E-state index in [0.717, 1.165) is 6.42 Å². The van der Waals surface area contributed by atoms with E-state index in [1.165, 1.54) is 11.6 Å². The predicted molar refractivity (Wildman–Crippen MR) is 69.1 cm³/mol. The van der Waals surface area contributed by atoms with Gasteiger partial charge in [-0.3, -0.25) is 0 Å². The largest absolute Gasteiger partial charge is 0.477 e. The highest BCUT2D eigenvalue weighted by molar-refractivity contribution is 7.07. The van der Waals surface area contributed by atoms with Crippen molar-refractivity contribution in [1.29, 1.82) is 0 Å². The molecule has 0 amide bonds. The Labute approximate surface area is 108 Å². The lowest BCUT2D eigenvalue weighted by molar-refractivity contribution is 0.0683. The molecule has 0 saturated carbocycles. The molecule has 2 aromatic heterocycles. The molecule has 5 heteroatoms. The lowest BCUT2D eigenvalue weighted by atomic mass is 10.1. The van der Waals surface area contributed by atoms with Gasteiger partial charge in [-0.2, -0.15) is 11.3 Å². The van der Waals surface area contributed by atoms with E-state index in [2.05, 4.69) is 5.38 Å². The number of nitrogens with zero attached hydrogens (tertiary/aromatic N) is 1. The summed E-state index contributed by atoms with van der Waals surface area (Å²) in [5.74, 6) is -0.950. The van der Waals surface area contributed by atoms with Crippen molar-refractivity contribution >= 4 is 28.9 Å². The molecule has 0 spiro atoms.